The van der Waals surface area contributed by atoms with Gasteiger partial charge in [0.2, 0.25) is 0 Å². The highest BCUT2D eigenvalue weighted by Crippen LogP contribution is 2.27. The number of nitrogens with zero attached hydrogens (tertiary/aromatic N) is 1. The fraction of sp³-hybridized carbons (Fsp3) is 0.833. The fourth-order valence-corrected chi connectivity index (χ4v) is 2.35. The first-order chi connectivity index (χ1) is 7.74. The van der Waals surface area contributed by atoms with Gasteiger partial charge in [-0.2, -0.15) is 5.10 Å². The Labute approximate surface area is 104 Å². The summed E-state index contributed by atoms with van der Waals surface area (Å²) in [5.74, 6) is 0.665. The lowest BCUT2D eigenvalue weighted by Gasteiger charge is -2.10. The highest BCUT2D eigenvalue weighted by Gasteiger charge is 2.21. The second-order valence-electron chi connectivity index (χ2n) is 4.52. The Morgan fingerprint density at radius 1 is 1.50 bits per heavy atom. The van der Waals surface area contributed by atoms with Gasteiger partial charge >= 0.3 is 0 Å². The number of hydrogen-bond donors (Lipinski definition) is 2. The van der Waals surface area contributed by atoms with E-state index in [0.29, 0.717) is 5.92 Å². The maximum absolute atomic E-state index is 5.37. The molecule has 0 aromatic carbocycles. The number of thiocarbonyl (C=S) groups is 1. The molecule has 3 N–H and O–H groups in total. The van der Waals surface area contributed by atoms with Crippen molar-refractivity contribution in [1.82, 2.24) is 5.43 Å². The van der Waals surface area contributed by atoms with Crippen LogP contribution in [0, 0.1) is 5.92 Å². The van der Waals surface area contributed by atoms with Gasteiger partial charge in [0.1, 0.15) is 0 Å². The summed E-state index contributed by atoms with van der Waals surface area (Å²) >= 11 is 4.75. The van der Waals surface area contributed by atoms with Gasteiger partial charge in [0.05, 0.1) is 0 Å². The summed E-state index contributed by atoms with van der Waals surface area (Å²) in [4.78, 5) is 0. The van der Waals surface area contributed by atoms with E-state index in [9.17, 15) is 0 Å². The molecule has 0 aromatic heterocycles. The zero-order valence-corrected chi connectivity index (χ0v) is 11.0. The van der Waals surface area contributed by atoms with Crippen LogP contribution in [0.4, 0.5) is 0 Å². The molecule has 0 heterocycles. The first kappa shape index (κ1) is 13.4. The van der Waals surface area contributed by atoms with E-state index in [2.05, 4.69) is 17.5 Å². The minimum Gasteiger partial charge on any atom is -0.375 e. The highest BCUT2D eigenvalue weighted by molar-refractivity contribution is 7.80. The van der Waals surface area contributed by atoms with Crippen LogP contribution in [0.25, 0.3) is 0 Å². The van der Waals surface area contributed by atoms with Crippen molar-refractivity contribution in [3.8, 4) is 0 Å². The molecule has 3 nitrogen and oxygen atoms in total. The first-order valence-corrected chi connectivity index (χ1v) is 6.76. The summed E-state index contributed by atoms with van der Waals surface area (Å²) in [6.07, 6.45) is 10.2. The van der Waals surface area contributed by atoms with Crippen LogP contribution in [0.3, 0.4) is 0 Å². The molecule has 1 atom stereocenters. The van der Waals surface area contributed by atoms with Crippen molar-refractivity contribution in [2.24, 2.45) is 16.8 Å². The molecule has 16 heavy (non-hydrogen) atoms. The van der Waals surface area contributed by atoms with Gasteiger partial charge in [-0.3, -0.25) is 5.43 Å². The van der Waals surface area contributed by atoms with Crippen molar-refractivity contribution in [2.45, 2.75) is 58.3 Å². The van der Waals surface area contributed by atoms with Gasteiger partial charge in [0, 0.05) is 5.71 Å². The molecule has 92 valence electrons. The molecular formula is C12H23N3S. The molecule has 0 aliphatic heterocycles. The third kappa shape index (κ3) is 4.92. The molecule has 1 rings (SSSR count). The third-order valence-electron chi connectivity index (χ3n) is 3.17. The minimum absolute atomic E-state index is 0.268. The van der Waals surface area contributed by atoms with Crippen molar-refractivity contribution in [2.75, 3.05) is 0 Å². The van der Waals surface area contributed by atoms with Gasteiger partial charge in [-0.1, -0.05) is 32.6 Å². The summed E-state index contributed by atoms with van der Waals surface area (Å²) in [6, 6.07) is 0. The van der Waals surface area contributed by atoms with Crippen LogP contribution in [0.2, 0.25) is 0 Å². The van der Waals surface area contributed by atoms with Crippen molar-refractivity contribution in [3.63, 3.8) is 0 Å². The number of unbranched alkanes of at least 4 members (excludes halogenated alkanes) is 3. The number of nitrogens with two attached hydrogens (primary N) is 1. The Hall–Kier alpha value is -0.640. The van der Waals surface area contributed by atoms with Crippen LogP contribution in [-0.2, 0) is 0 Å². The lowest BCUT2D eigenvalue weighted by Crippen LogP contribution is -2.26. The standard InChI is InChI=1S/C12H23N3S/c1-2-3-4-5-7-10-8-6-9-11(10)14-15-12(13)16/h10H,2-9H2,1H3,(H3,13,15,16)/b14-11-/t10-/m1/s1. The zero-order chi connectivity index (χ0) is 11.8. The van der Waals surface area contributed by atoms with Gasteiger partial charge < -0.3 is 5.73 Å². The van der Waals surface area contributed by atoms with Crippen molar-refractivity contribution in [3.05, 3.63) is 0 Å². The molecule has 0 saturated heterocycles. The van der Waals surface area contributed by atoms with Crippen molar-refractivity contribution in [1.29, 1.82) is 0 Å². The summed E-state index contributed by atoms with van der Waals surface area (Å²) in [6.45, 7) is 2.24. The molecule has 1 aliphatic rings. The van der Waals surface area contributed by atoms with Gasteiger partial charge in [0.25, 0.3) is 0 Å². The smallest absolute Gasteiger partial charge is 0.184 e. The lowest BCUT2D eigenvalue weighted by atomic mass is 9.98. The van der Waals surface area contributed by atoms with Gasteiger partial charge in [-0.15, -0.1) is 0 Å². The van der Waals surface area contributed by atoms with E-state index in [1.165, 1.54) is 50.7 Å². The molecule has 0 unspecified atom stereocenters. The quantitative estimate of drug-likeness (QED) is 0.427. The Morgan fingerprint density at radius 2 is 2.31 bits per heavy atom. The van der Waals surface area contributed by atoms with Crippen LogP contribution >= 0.6 is 12.2 Å². The Kier molecular flexibility index (Phi) is 6.38. The van der Waals surface area contributed by atoms with E-state index < -0.39 is 0 Å². The van der Waals surface area contributed by atoms with Crippen LogP contribution in [-0.4, -0.2) is 10.8 Å². The molecule has 0 bridgehead atoms. The average Bonchev–Trinajstić information content (AvgIpc) is 2.69. The predicted octanol–water partition coefficient (Wildman–Crippen LogP) is 2.95. The van der Waals surface area contributed by atoms with E-state index in [-0.39, 0.29) is 5.11 Å². The Morgan fingerprint density at radius 3 is 3.00 bits per heavy atom. The molecule has 0 aromatic rings. The Bertz CT molecular complexity index is 251. The van der Waals surface area contributed by atoms with Crippen molar-refractivity contribution < 1.29 is 0 Å². The third-order valence-corrected chi connectivity index (χ3v) is 3.26. The highest BCUT2D eigenvalue weighted by atomic mass is 32.1. The maximum atomic E-state index is 5.37. The number of hydrazone groups is 1. The SMILES string of the molecule is CCCCCC[C@@H]1CCC/C1=N/NC(N)=S. The lowest BCUT2D eigenvalue weighted by molar-refractivity contribution is 0.543. The molecule has 1 fully saturated rings. The van der Waals surface area contributed by atoms with Crippen LogP contribution in [0.1, 0.15) is 58.3 Å². The van der Waals surface area contributed by atoms with Gasteiger partial charge in [-0.25, -0.2) is 0 Å². The molecule has 4 heteroatoms. The minimum atomic E-state index is 0.268. The fourth-order valence-electron chi connectivity index (χ4n) is 2.30. The summed E-state index contributed by atoms with van der Waals surface area (Å²) in [5.41, 5.74) is 9.35. The number of hydrogen-bond acceptors (Lipinski definition) is 2. The van der Waals surface area contributed by atoms with Crippen LogP contribution in [0.5, 0.6) is 0 Å². The monoisotopic (exact) mass is 241 g/mol. The molecule has 0 spiro atoms. The average molecular weight is 241 g/mol. The van der Waals surface area contributed by atoms with Gasteiger partial charge in [-0.05, 0) is 43.8 Å². The van der Waals surface area contributed by atoms with Gasteiger partial charge in [0.15, 0.2) is 5.11 Å². The molecular weight excluding hydrogens is 218 g/mol. The van der Waals surface area contributed by atoms with Crippen LogP contribution in [0.15, 0.2) is 5.10 Å². The molecule has 1 saturated carbocycles. The maximum Gasteiger partial charge on any atom is 0.184 e. The molecule has 0 amide bonds. The topological polar surface area (TPSA) is 50.4 Å². The molecule has 0 radical (unpaired) electrons. The van der Waals surface area contributed by atoms with E-state index in [4.69, 9.17) is 18.0 Å². The van der Waals surface area contributed by atoms with E-state index in [1.54, 1.807) is 0 Å². The second-order valence-corrected chi connectivity index (χ2v) is 4.96. The zero-order valence-electron chi connectivity index (χ0n) is 10.2. The van der Waals surface area contributed by atoms with E-state index in [1.807, 2.05) is 0 Å². The summed E-state index contributed by atoms with van der Waals surface area (Å²) in [5, 5.41) is 4.57. The predicted molar refractivity (Wildman–Crippen MR) is 73.5 cm³/mol. The second kappa shape index (κ2) is 7.60. The van der Waals surface area contributed by atoms with E-state index in [0.717, 1.165) is 6.42 Å². The molecule has 1 aliphatic carbocycles. The normalized spacial score (nSPS) is 22.6. The first-order valence-electron chi connectivity index (χ1n) is 6.36. The summed E-state index contributed by atoms with van der Waals surface area (Å²) in [7, 11) is 0. The number of rotatable bonds is 6. The van der Waals surface area contributed by atoms with Crippen molar-refractivity contribution >= 4 is 23.0 Å². The summed E-state index contributed by atoms with van der Waals surface area (Å²) < 4.78 is 0. The Balaban J connectivity index is 2.28. The largest absolute Gasteiger partial charge is 0.375 e. The van der Waals surface area contributed by atoms with Crippen LogP contribution < -0.4 is 11.2 Å². The van der Waals surface area contributed by atoms with E-state index >= 15 is 0 Å². The number of nitrogens with one attached hydrogen (secondary N) is 1.